The van der Waals surface area contributed by atoms with Gasteiger partial charge in [0.05, 0.1) is 12.2 Å². The first-order valence-electron chi connectivity index (χ1n) is 6.68. The van der Waals surface area contributed by atoms with Crippen LogP contribution in [0.15, 0.2) is 18.2 Å². The summed E-state index contributed by atoms with van der Waals surface area (Å²) >= 11 is 0. The molecule has 1 aromatic rings. The zero-order chi connectivity index (χ0) is 13.1. The summed E-state index contributed by atoms with van der Waals surface area (Å²) in [6, 6.07) is 5.72. The van der Waals surface area contributed by atoms with Crippen molar-refractivity contribution < 1.29 is 9.53 Å². The van der Waals surface area contributed by atoms with Crippen LogP contribution in [0.3, 0.4) is 0 Å². The maximum atomic E-state index is 11.5. The number of fused-ring (bicyclic) bond motifs is 1. The molecule has 18 heavy (non-hydrogen) atoms. The van der Waals surface area contributed by atoms with E-state index in [2.05, 4.69) is 18.7 Å². The number of unbranched alkanes of at least 4 members (excludes halogenated alkanes) is 1. The second kappa shape index (κ2) is 5.42. The van der Waals surface area contributed by atoms with Crippen molar-refractivity contribution in [3.63, 3.8) is 0 Å². The molecule has 0 aromatic heterocycles. The minimum absolute atomic E-state index is 0.104. The molecule has 0 saturated carbocycles. The van der Waals surface area contributed by atoms with Gasteiger partial charge in [-0.05, 0) is 38.5 Å². The summed E-state index contributed by atoms with van der Waals surface area (Å²) in [7, 11) is 0. The zero-order valence-electron chi connectivity index (χ0n) is 11.4. The van der Waals surface area contributed by atoms with Crippen LogP contribution in [0.4, 0.5) is 5.69 Å². The fraction of sp³-hybridized carbons (Fsp3) is 0.533. The summed E-state index contributed by atoms with van der Waals surface area (Å²) in [5.41, 5.74) is 1.82. The summed E-state index contributed by atoms with van der Waals surface area (Å²) in [4.78, 5) is 13.8. The SMILES string of the molecule is CCCCN1CC(C)Oc2ccc(C(C)=O)cc21. The van der Waals surface area contributed by atoms with E-state index in [1.807, 2.05) is 18.2 Å². The Morgan fingerprint density at radius 1 is 1.50 bits per heavy atom. The van der Waals surface area contributed by atoms with Crippen LogP contribution in [-0.2, 0) is 0 Å². The number of Topliss-reactive ketones (excluding diaryl/α,β-unsaturated/α-hetero) is 1. The number of hydrogen-bond donors (Lipinski definition) is 0. The zero-order valence-corrected chi connectivity index (χ0v) is 11.4. The number of hydrogen-bond acceptors (Lipinski definition) is 3. The molecular weight excluding hydrogens is 226 g/mol. The fourth-order valence-corrected chi connectivity index (χ4v) is 2.31. The van der Waals surface area contributed by atoms with Gasteiger partial charge in [-0.25, -0.2) is 0 Å². The Labute approximate surface area is 109 Å². The van der Waals surface area contributed by atoms with Crippen molar-refractivity contribution in [2.45, 2.75) is 39.7 Å². The third-order valence-electron chi connectivity index (χ3n) is 3.29. The summed E-state index contributed by atoms with van der Waals surface area (Å²) < 4.78 is 5.82. The Morgan fingerprint density at radius 3 is 2.94 bits per heavy atom. The van der Waals surface area contributed by atoms with Crippen LogP contribution >= 0.6 is 0 Å². The molecule has 0 aliphatic carbocycles. The number of nitrogens with zero attached hydrogens (tertiary/aromatic N) is 1. The standard InChI is InChI=1S/C15H21NO2/c1-4-5-8-16-10-11(2)18-15-7-6-13(12(3)17)9-14(15)16/h6-7,9,11H,4-5,8,10H2,1-3H3. The molecule has 1 unspecified atom stereocenters. The molecule has 3 heteroatoms. The number of rotatable bonds is 4. The highest BCUT2D eigenvalue weighted by Crippen LogP contribution is 2.34. The van der Waals surface area contributed by atoms with Crippen LogP contribution in [-0.4, -0.2) is 25.0 Å². The number of ether oxygens (including phenoxy) is 1. The monoisotopic (exact) mass is 247 g/mol. The van der Waals surface area contributed by atoms with Gasteiger partial charge in [0.2, 0.25) is 0 Å². The molecule has 1 aliphatic rings. The van der Waals surface area contributed by atoms with E-state index in [-0.39, 0.29) is 11.9 Å². The van der Waals surface area contributed by atoms with Crippen molar-refractivity contribution in [1.82, 2.24) is 0 Å². The molecule has 0 saturated heterocycles. The molecule has 0 spiro atoms. The van der Waals surface area contributed by atoms with Crippen molar-refractivity contribution in [1.29, 1.82) is 0 Å². The molecule has 1 heterocycles. The number of benzene rings is 1. The van der Waals surface area contributed by atoms with Crippen LogP contribution in [0.2, 0.25) is 0 Å². The molecule has 0 radical (unpaired) electrons. The predicted octanol–water partition coefficient (Wildman–Crippen LogP) is 3.28. The van der Waals surface area contributed by atoms with E-state index in [9.17, 15) is 4.79 Å². The summed E-state index contributed by atoms with van der Waals surface area (Å²) in [5.74, 6) is 1.00. The lowest BCUT2D eigenvalue weighted by molar-refractivity contribution is 0.101. The van der Waals surface area contributed by atoms with E-state index < -0.39 is 0 Å². The second-order valence-corrected chi connectivity index (χ2v) is 4.97. The third kappa shape index (κ3) is 2.66. The molecule has 3 nitrogen and oxygen atoms in total. The first-order chi connectivity index (χ1) is 8.61. The van der Waals surface area contributed by atoms with Crippen molar-refractivity contribution in [2.24, 2.45) is 0 Å². The molecular formula is C15H21NO2. The van der Waals surface area contributed by atoms with Crippen LogP contribution in [0.5, 0.6) is 5.75 Å². The fourth-order valence-electron chi connectivity index (χ4n) is 2.31. The second-order valence-electron chi connectivity index (χ2n) is 4.97. The normalized spacial score (nSPS) is 18.2. The van der Waals surface area contributed by atoms with E-state index in [0.717, 1.165) is 36.5 Å². The molecule has 2 rings (SSSR count). The van der Waals surface area contributed by atoms with Crippen molar-refractivity contribution in [3.05, 3.63) is 23.8 Å². The molecule has 0 N–H and O–H groups in total. The highest BCUT2D eigenvalue weighted by molar-refractivity contribution is 5.95. The summed E-state index contributed by atoms with van der Waals surface area (Å²) in [6.07, 6.45) is 2.54. The van der Waals surface area contributed by atoms with Gasteiger partial charge >= 0.3 is 0 Å². The number of ketones is 1. The van der Waals surface area contributed by atoms with Crippen LogP contribution in [0.25, 0.3) is 0 Å². The van der Waals surface area contributed by atoms with Crippen molar-refractivity contribution >= 4 is 11.5 Å². The molecule has 0 amide bonds. The van der Waals surface area contributed by atoms with Gasteiger partial charge in [-0.1, -0.05) is 13.3 Å². The largest absolute Gasteiger partial charge is 0.487 e. The van der Waals surface area contributed by atoms with Crippen LogP contribution in [0.1, 0.15) is 44.0 Å². The number of carbonyl (C=O) groups excluding carboxylic acids is 1. The Morgan fingerprint density at radius 2 is 2.28 bits per heavy atom. The van der Waals surface area contributed by atoms with Gasteiger partial charge in [0.1, 0.15) is 11.9 Å². The lowest BCUT2D eigenvalue weighted by Gasteiger charge is -2.35. The summed E-state index contributed by atoms with van der Waals surface area (Å²) in [6.45, 7) is 7.80. The average molecular weight is 247 g/mol. The maximum Gasteiger partial charge on any atom is 0.159 e. The molecule has 1 aliphatic heterocycles. The molecule has 0 bridgehead atoms. The smallest absolute Gasteiger partial charge is 0.159 e. The lowest BCUT2D eigenvalue weighted by atomic mass is 10.1. The molecule has 1 aromatic carbocycles. The Bertz CT molecular complexity index is 442. The first kappa shape index (κ1) is 12.9. The first-order valence-corrected chi connectivity index (χ1v) is 6.68. The van der Waals surface area contributed by atoms with Crippen LogP contribution < -0.4 is 9.64 Å². The van der Waals surface area contributed by atoms with E-state index in [1.54, 1.807) is 6.92 Å². The van der Waals surface area contributed by atoms with Crippen LogP contribution in [0, 0.1) is 0 Å². The van der Waals surface area contributed by atoms with E-state index >= 15 is 0 Å². The Kier molecular flexibility index (Phi) is 3.90. The lowest BCUT2D eigenvalue weighted by Crippen LogP contribution is -2.39. The minimum atomic E-state index is 0.104. The van der Waals surface area contributed by atoms with Crippen molar-refractivity contribution in [2.75, 3.05) is 18.0 Å². The van der Waals surface area contributed by atoms with E-state index in [0.29, 0.717) is 0 Å². The minimum Gasteiger partial charge on any atom is -0.487 e. The summed E-state index contributed by atoms with van der Waals surface area (Å²) in [5, 5.41) is 0. The highest BCUT2D eigenvalue weighted by atomic mass is 16.5. The quantitative estimate of drug-likeness (QED) is 0.765. The van der Waals surface area contributed by atoms with Gasteiger partial charge in [-0.2, -0.15) is 0 Å². The van der Waals surface area contributed by atoms with Gasteiger partial charge in [0, 0.05) is 12.1 Å². The van der Waals surface area contributed by atoms with Crippen molar-refractivity contribution in [3.8, 4) is 5.75 Å². The average Bonchev–Trinajstić information content (AvgIpc) is 2.35. The predicted molar refractivity (Wildman–Crippen MR) is 73.7 cm³/mol. The van der Waals surface area contributed by atoms with Gasteiger partial charge < -0.3 is 9.64 Å². The molecule has 98 valence electrons. The topological polar surface area (TPSA) is 29.5 Å². The van der Waals surface area contributed by atoms with E-state index in [4.69, 9.17) is 4.74 Å². The molecule has 0 fully saturated rings. The maximum absolute atomic E-state index is 11.5. The third-order valence-corrected chi connectivity index (χ3v) is 3.29. The highest BCUT2D eigenvalue weighted by Gasteiger charge is 2.23. The van der Waals surface area contributed by atoms with Gasteiger partial charge in [-0.15, -0.1) is 0 Å². The van der Waals surface area contributed by atoms with E-state index in [1.165, 1.54) is 6.42 Å². The number of anilines is 1. The van der Waals surface area contributed by atoms with Gasteiger partial charge in [-0.3, -0.25) is 4.79 Å². The van der Waals surface area contributed by atoms with Gasteiger partial charge in [0.25, 0.3) is 0 Å². The Balaban J connectivity index is 2.31. The number of carbonyl (C=O) groups is 1. The Hall–Kier alpha value is -1.51. The van der Waals surface area contributed by atoms with Gasteiger partial charge in [0.15, 0.2) is 5.78 Å². The molecule has 1 atom stereocenters.